The van der Waals surface area contributed by atoms with Gasteiger partial charge in [-0.3, -0.25) is 9.69 Å². The Kier molecular flexibility index (Phi) is 4.80. The van der Waals surface area contributed by atoms with Gasteiger partial charge in [0.05, 0.1) is 19.3 Å². The van der Waals surface area contributed by atoms with E-state index in [0.717, 1.165) is 34.1 Å². The molecule has 2 aromatic carbocycles. The third-order valence-electron chi connectivity index (χ3n) is 6.59. The monoisotopic (exact) mass is 433 g/mol. The number of carbonyl (C=O) groups excluding carboxylic acids is 2. The van der Waals surface area contributed by atoms with Gasteiger partial charge in [0, 0.05) is 20.1 Å². The lowest BCUT2D eigenvalue weighted by molar-refractivity contribution is -0.137. The van der Waals surface area contributed by atoms with Gasteiger partial charge in [-0.05, 0) is 42.7 Å². The van der Waals surface area contributed by atoms with Crippen LogP contribution in [-0.4, -0.2) is 72.1 Å². The summed E-state index contributed by atoms with van der Waals surface area (Å²) >= 11 is 0. The Bertz CT molecular complexity index is 1130. The van der Waals surface area contributed by atoms with Crippen LogP contribution in [0.3, 0.4) is 0 Å². The van der Waals surface area contributed by atoms with Gasteiger partial charge in [0.2, 0.25) is 5.96 Å². The number of fused-ring (bicyclic) bond motifs is 3. The largest absolute Gasteiger partial charge is 0.495 e. The SMILES string of the molecule is COc1ccc(C)cc1N1CCN2C1=NC1C2C(=O)N(Cc2ccccc2C)C(=O)N1C. The van der Waals surface area contributed by atoms with Crippen molar-refractivity contribution in [3.8, 4) is 5.75 Å². The van der Waals surface area contributed by atoms with Crippen LogP contribution in [0.25, 0.3) is 0 Å². The van der Waals surface area contributed by atoms with E-state index in [9.17, 15) is 9.59 Å². The number of rotatable bonds is 4. The van der Waals surface area contributed by atoms with Gasteiger partial charge in [-0.15, -0.1) is 0 Å². The number of likely N-dealkylation sites (N-methyl/N-ethyl adjacent to an activating group) is 1. The maximum absolute atomic E-state index is 13.6. The molecule has 2 fully saturated rings. The molecule has 166 valence electrons. The van der Waals surface area contributed by atoms with Gasteiger partial charge in [-0.2, -0.15) is 0 Å². The minimum absolute atomic E-state index is 0.196. The lowest BCUT2D eigenvalue weighted by atomic mass is 10.1. The molecule has 2 aromatic rings. The van der Waals surface area contributed by atoms with Crippen molar-refractivity contribution >= 4 is 23.6 Å². The fourth-order valence-corrected chi connectivity index (χ4v) is 4.78. The van der Waals surface area contributed by atoms with E-state index in [0.29, 0.717) is 13.1 Å². The molecule has 3 aliphatic heterocycles. The Morgan fingerprint density at radius 1 is 1.09 bits per heavy atom. The fourth-order valence-electron chi connectivity index (χ4n) is 4.78. The average molecular weight is 434 g/mol. The molecule has 32 heavy (non-hydrogen) atoms. The van der Waals surface area contributed by atoms with Crippen LogP contribution in [0.2, 0.25) is 0 Å². The second kappa shape index (κ2) is 7.55. The molecule has 5 rings (SSSR count). The highest BCUT2D eigenvalue weighted by Crippen LogP contribution is 2.37. The number of nitrogens with zero attached hydrogens (tertiary/aromatic N) is 5. The van der Waals surface area contributed by atoms with E-state index in [1.54, 1.807) is 19.1 Å². The number of guanidine groups is 1. The van der Waals surface area contributed by atoms with Gasteiger partial charge >= 0.3 is 6.03 Å². The van der Waals surface area contributed by atoms with Gasteiger partial charge in [0.15, 0.2) is 12.2 Å². The van der Waals surface area contributed by atoms with Gasteiger partial charge in [-0.1, -0.05) is 30.3 Å². The molecule has 8 heteroatoms. The van der Waals surface area contributed by atoms with Crippen molar-refractivity contribution in [2.45, 2.75) is 32.6 Å². The Morgan fingerprint density at radius 2 is 1.88 bits per heavy atom. The molecule has 2 saturated heterocycles. The number of aliphatic imine (C=N–C) groups is 1. The molecule has 0 saturated carbocycles. The van der Waals surface area contributed by atoms with Crippen molar-refractivity contribution in [3.05, 3.63) is 59.2 Å². The molecule has 2 atom stereocenters. The lowest BCUT2D eigenvalue weighted by Gasteiger charge is -2.40. The van der Waals surface area contributed by atoms with Crippen molar-refractivity contribution in [2.24, 2.45) is 4.99 Å². The van der Waals surface area contributed by atoms with Crippen LogP contribution in [0, 0.1) is 13.8 Å². The van der Waals surface area contributed by atoms with Gasteiger partial charge < -0.3 is 19.4 Å². The molecule has 2 unspecified atom stereocenters. The third-order valence-corrected chi connectivity index (χ3v) is 6.59. The molecular formula is C24H27N5O3. The number of imide groups is 1. The molecule has 3 aliphatic rings. The topological polar surface area (TPSA) is 68.7 Å². The van der Waals surface area contributed by atoms with Crippen LogP contribution >= 0.6 is 0 Å². The van der Waals surface area contributed by atoms with Crippen LogP contribution in [0.4, 0.5) is 10.5 Å². The fraction of sp³-hybridized carbons (Fsp3) is 0.375. The van der Waals surface area contributed by atoms with E-state index in [2.05, 4.69) is 11.0 Å². The number of amides is 3. The summed E-state index contributed by atoms with van der Waals surface area (Å²) in [5.41, 5.74) is 4.06. The van der Waals surface area contributed by atoms with Crippen molar-refractivity contribution in [1.29, 1.82) is 0 Å². The van der Waals surface area contributed by atoms with Gasteiger partial charge in [-0.25, -0.2) is 9.79 Å². The molecule has 0 radical (unpaired) electrons. The lowest BCUT2D eigenvalue weighted by Crippen LogP contribution is -2.64. The van der Waals surface area contributed by atoms with Crippen LogP contribution in [0.1, 0.15) is 16.7 Å². The Hall–Kier alpha value is -3.55. The van der Waals surface area contributed by atoms with Crippen molar-refractivity contribution in [3.63, 3.8) is 0 Å². The van der Waals surface area contributed by atoms with E-state index in [1.807, 2.05) is 55.1 Å². The first kappa shape index (κ1) is 20.4. The van der Waals surface area contributed by atoms with E-state index < -0.39 is 12.2 Å². The zero-order chi connectivity index (χ0) is 22.6. The van der Waals surface area contributed by atoms with E-state index in [4.69, 9.17) is 9.73 Å². The smallest absolute Gasteiger partial charge is 0.328 e. The second-order valence-corrected chi connectivity index (χ2v) is 8.55. The first-order valence-corrected chi connectivity index (χ1v) is 10.8. The summed E-state index contributed by atoms with van der Waals surface area (Å²) in [6.07, 6.45) is -0.531. The van der Waals surface area contributed by atoms with E-state index in [-0.39, 0.29) is 18.5 Å². The number of hydrogen-bond acceptors (Lipinski definition) is 6. The predicted molar refractivity (Wildman–Crippen MR) is 122 cm³/mol. The minimum Gasteiger partial charge on any atom is -0.495 e. The molecule has 3 amide bonds. The number of hydrogen-bond donors (Lipinski definition) is 0. The molecule has 8 nitrogen and oxygen atoms in total. The summed E-state index contributed by atoms with van der Waals surface area (Å²) in [5.74, 6) is 1.28. The van der Waals surface area contributed by atoms with E-state index in [1.165, 1.54) is 4.90 Å². The Balaban J connectivity index is 1.47. The van der Waals surface area contributed by atoms with Crippen molar-refractivity contribution in [2.75, 3.05) is 32.1 Å². The molecule has 0 aromatic heterocycles. The number of urea groups is 1. The number of benzene rings is 2. The Morgan fingerprint density at radius 3 is 2.62 bits per heavy atom. The van der Waals surface area contributed by atoms with Crippen LogP contribution < -0.4 is 9.64 Å². The second-order valence-electron chi connectivity index (χ2n) is 8.55. The van der Waals surface area contributed by atoms with Crippen LogP contribution in [-0.2, 0) is 11.3 Å². The molecule has 0 N–H and O–H groups in total. The van der Waals surface area contributed by atoms with Gasteiger partial charge in [0.1, 0.15) is 5.75 Å². The van der Waals surface area contributed by atoms with Crippen LogP contribution in [0.15, 0.2) is 47.5 Å². The average Bonchev–Trinajstić information content (AvgIpc) is 3.36. The summed E-state index contributed by atoms with van der Waals surface area (Å²) in [6.45, 7) is 5.64. The molecular weight excluding hydrogens is 406 g/mol. The number of anilines is 1. The maximum Gasteiger partial charge on any atom is 0.328 e. The molecule has 0 bridgehead atoms. The van der Waals surface area contributed by atoms with Gasteiger partial charge in [0.25, 0.3) is 5.91 Å². The first-order valence-electron chi connectivity index (χ1n) is 10.8. The predicted octanol–water partition coefficient (Wildman–Crippen LogP) is 2.59. The molecule has 0 aliphatic carbocycles. The third kappa shape index (κ3) is 3.01. The summed E-state index contributed by atoms with van der Waals surface area (Å²) in [5, 5.41) is 0. The first-order chi connectivity index (χ1) is 15.4. The zero-order valence-electron chi connectivity index (χ0n) is 18.8. The number of ether oxygens (including phenoxy) is 1. The summed E-state index contributed by atoms with van der Waals surface area (Å²) in [4.78, 5) is 38.6. The molecule has 3 heterocycles. The van der Waals surface area contributed by atoms with Crippen molar-refractivity contribution in [1.82, 2.24) is 14.7 Å². The summed E-state index contributed by atoms with van der Waals surface area (Å²) in [6, 6.07) is 13.0. The van der Waals surface area contributed by atoms with Crippen LogP contribution in [0.5, 0.6) is 5.75 Å². The number of methoxy groups -OCH3 is 1. The quantitative estimate of drug-likeness (QED) is 0.742. The normalized spacial score (nSPS) is 22.3. The number of carbonyl (C=O) groups is 2. The maximum atomic E-state index is 13.6. The zero-order valence-corrected chi connectivity index (χ0v) is 18.8. The highest BCUT2D eigenvalue weighted by molar-refractivity contribution is 6.08. The highest BCUT2D eigenvalue weighted by Gasteiger charge is 2.54. The summed E-state index contributed by atoms with van der Waals surface area (Å²) < 4.78 is 5.58. The van der Waals surface area contributed by atoms with E-state index >= 15 is 0 Å². The standard InChI is InChI=1S/C24H27N5O3/c1-15-9-10-19(32-4)18(13-15)27-11-12-28-20-21(25-23(27)28)26(3)24(31)29(22(20)30)14-17-8-6-5-7-16(17)2/h5-10,13,20-21H,11-12,14H2,1-4H3. The highest BCUT2D eigenvalue weighted by atomic mass is 16.5. The summed E-state index contributed by atoms with van der Waals surface area (Å²) in [7, 11) is 3.37. The minimum atomic E-state index is -0.531. The molecule has 0 spiro atoms. The van der Waals surface area contributed by atoms with Crippen molar-refractivity contribution < 1.29 is 14.3 Å². The Labute approximate surface area is 187 Å². The number of aryl methyl sites for hydroxylation is 2.